The Bertz CT molecular complexity index is 363. The van der Waals surface area contributed by atoms with Crippen LogP contribution >= 0.6 is 0 Å². The van der Waals surface area contributed by atoms with Crippen molar-refractivity contribution in [3.05, 3.63) is 0 Å². The second-order valence-corrected chi connectivity index (χ2v) is 6.73. The first-order valence-corrected chi connectivity index (χ1v) is 7.11. The molecule has 7 heteroatoms. The van der Waals surface area contributed by atoms with Gasteiger partial charge in [0.15, 0.2) is 5.25 Å². The van der Waals surface area contributed by atoms with Gasteiger partial charge in [0.1, 0.15) is 0 Å². The van der Waals surface area contributed by atoms with Gasteiger partial charge in [-0.1, -0.05) is 0 Å². The van der Waals surface area contributed by atoms with Crippen LogP contribution in [0.5, 0.6) is 0 Å². The molecule has 1 rings (SSSR count). The minimum absolute atomic E-state index is 0.187. The number of carbonyl (C=O) groups is 1. The molecule has 0 aromatic carbocycles. The Morgan fingerprint density at radius 2 is 2.12 bits per heavy atom. The van der Waals surface area contributed by atoms with Gasteiger partial charge in [0.25, 0.3) is 0 Å². The summed E-state index contributed by atoms with van der Waals surface area (Å²) in [6, 6.07) is 0. The van der Waals surface area contributed by atoms with Crippen LogP contribution in [-0.4, -0.2) is 55.9 Å². The SMILES string of the molecule is CC(C(=O)O)S(=O)(=O)N(C)CCOCC1CC1. The lowest BCUT2D eigenvalue weighted by Crippen LogP contribution is -2.40. The van der Waals surface area contributed by atoms with Crippen molar-refractivity contribution in [3.8, 4) is 0 Å². The van der Waals surface area contributed by atoms with Crippen molar-refractivity contribution in [1.29, 1.82) is 0 Å². The maximum Gasteiger partial charge on any atom is 0.323 e. The summed E-state index contributed by atoms with van der Waals surface area (Å²) >= 11 is 0. The number of hydrogen-bond donors (Lipinski definition) is 1. The molecule has 1 saturated carbocycles. The van der Waals surface area contributed by atoms with E-state index in [1.54, 1.807) is 0 Å². The number of rotatable bonds is 8. The molecule has 0 bridgehead atoms. The molecular weight excluding hydrogens is 246 g/mol. The second kappa shape index (κ2) is 5.79. The van der Waals surface area contributed by atoms with Crippen LogP contribution in [0.15, 0.2) is 0 Å². The number of ether oxygens (including phenoxy) is 1. The molecule has 1 N–H and O–H groups in total. The first kappa shape index (κ1) is 14.4. The van der Waals surface area contributed by atoms with Gasteiger partial charge in [0.05, 0.1) is 6.61 Å². The molecule has 0 saturated heterocycles. The second-order valence-electron chi connectivity index (χ2n) is 4.37. The Labute approximate surface area is 102 Å². The van der Waals surface area contributed by atoms with Gasteiger partial charge in [-0.15, -0.1) is 0 Å². The van der Waals surface area contributed by atoms with Crippen LogP contribution in [0.25, 0.3) is 0 Å². The van der Waals surface area contributed by atoms with Crippen LogP contribution in [0, 0.1) is 5.92 Å². The first-order valence-electron chi connectivity index (χ1n) is 5.61. The van der Waals surface area contributed by atoms with Gasteiger partial charge >= 0.3 is 5.97 Å². The highest BCUT2D eigenvalue weighted by Crippen LogP contribution is 2.28. The van der Waals surface area contributed by atoms with E-state index in [-0.39, 0.29) is 6.54 Å². The van der Waals surface area contributed by atoms with Crippen molar-refractivity contribution in [1.82, 2.24) is 4.31 Å². The number of aliphatic carboxylic acids is 1. The van der Waals surface area contributed by atoms with E-state index in [9.17, 15) is 13.2 Å². The highest BCUT2D eigenvalue weighted by molar-refractivity contribution is 7.90. The van der Waals surface area contributed by atoms with E-state index in [1.807, 2.05) is 0 Å². The van der Waals surface area contributed by atoms with E-state index in [4.69, 9.17) is 9.84 Å². The maximum atomic E-state index is 11.7. The topological polar surface area (TPSA) is 83.9 Å². The normalized spacial score (nSPS) is 18.3. The molecule has 0 radical (unpaired) electrons. The predicted octanol–water partition coefficient (Wildman–Crippen LogP) is 0.148. The quantitative estimate of drug-likeness (QED) is 0.631. The van der Waals surface area contributed by atoms with E-state index in [2.05, 4.69) is 0 Å². The van der Waals surface area contributed by atoms with Crippen molar-refractivity contribution in [3.63, 3.8) is 0 Å². The molecule has 1 aliphatic carbocycles. The molecule has 17 heavy (non-hydrogen) atoms. The third-order valence-electron chi connectivity index (χ3n) is 2.83. The number of sulfonamides is 1. The molecule has 0 spiro atoms. The van der Waals surface area contributed by atoms with Gasteiger partial charge in [-0.05, 0) is 25.7 Å². The summed E-state index contributed by atoms with van der Waals surface area (Å²) in [6.07, 6.45) is 2.37. The average Bonchev–Trinajstić information content (AvgIpc) is 3.06. The van der Waals surface area contributed by atoms with E-state index >= 15 is 0 Å². The molecule has 0 heterocycles. The molecule has 0 amide bonds. The monoisotopic (exact) mass is 265 g/mol. The lowest BCUT2D eigenvalue weighted by Gasteiger charge is -2.19. The minimum Gasteiger partial charge on any atom is -0.480 e. The number of nitrogens with zero attached hydrogens (tertiary/aromatic N) is 1. The fourth-order valence-electron chi connectivity index (χ4n) is 1.25. The lowest BCUT2D eigenvalue weighted by atomic mass is 10.5. The number of carboxylic acid groups (broad SMARTS) is 1. The zero-order chi connectivity index (χ0) is 13.1. The predicted molar refractivity (Wildman–Crippen MR) is 62.2 cm³/mol. The van der Waals surface area contributed by atoms with Crippen molar-refractivity contribution < 1.29 is 23.1 Å². The van der Waals surface area contributed by atoms with Gasteiger partial charge in [0.2, 0.25) is 10.0 Å². The number of likely N-dealkylation sites (N-methyl/N-ethyl adjacent to an activating group) is 1. The van der Waals surface area contributed by atoms with Crippen LogP contribution in [0.3, 0.4) is 0 Å². The zero-order valence-electron chi connectivity index (χ0n) is 10.1. The van der Waals surface area contributed by atoms with Crippen LogP contribution in [0.4, 0.5) is 0 Å². The third kappa shape index (κ3) is 4.25. The largest absolute Gasteiger partial charge is 0.480 e. The molecule has 1 unspecified atom stereocenters. The molecule has 0 aliphatic heterocycles. The Morgan fingerprint density at radius 3 is 2.59 bits per heavy atom. The Morgan fingerprint density at radius 1 is 1.53 bits per heavy atom. The van der Waals surface area contributed by atoms with Gasteiger partial charge in [-0.3, -0.25) is 4.79 Å². The van der Waals surface area contributed by atoms with Crippen LogP contribution in [0.2, 0.25) is 0 Å². The van der Waals surface area contributed by atoms with Gasteiger partial charge < -0.3 is 9.84 Å². The van der Waals surface area contributed by atoms with E-state index in [1.165, 1.54) is 26.8 Å². The van der Waals surface area contributed by atoms with Crippen molar-refractivity contribution in [2.24, 2.45) is 5.92 Å². The van der Waals surface area contributed by atoms with Gasteiger partial charge in [0, 0.05) is 20.2 Å². The van der Waals surface area contributed by atoms with E-state index in [0.717, 1.165) is 4.31 Å². The smallest absolute Gasteiger partial charge is 0.323 e. The zero-order valence-corrected chi connectivity index (χ0v) is 10.9. The summed E-state index contributed by atoms with van der Waals surface area (Å²) in [5.41, 5.74) is 0. The molecule has 0 aromatic heterocycles. The van der Waals surface area contributed by atoms with Crippen molar-refractivity contribution in [2.45, 2.75) is 25.0 Å². The van der Waals surface area contributed by atoms with Gasteiger partial charge in [-0.2, -0.15) is 0 Å². The highest BCUT2D eigenvalue weighted by Gasteiger charge is 2.31. The molecule has 6 nitrogen and oxygen atoms in total. The third-order valence-corrected chi connectivity index (χ3v) is 4.98. The summed E-state index contributed by atoms with van der Waals surface area (Å²) < 4.78 is 29.8. The molecular formula is C10H19NO5S. The van der Waals surface area contributed by atoms with E-state index in [0.29, 0.717) is 19.1 Å². The number of carboxylic acids is 1. The standard InChI is InChI=1S/C10H19NO5S/c1-8(10(12)13)17(14,15)11(2)5-6-16-7-9-3-4-9/h8-9H,3-7H2,1-2H3,(H,12,13). The van der Waals surface area contributed by atoms with Crippen molar-refractivity contribution in [2.75, 3.05) is 26.8 Å². The summed E-state index contributed by atoms with van der Waals surface area (Å²) in [6.45, 7) is 2.33. The Hall–Kier alpha value is -0.660. The lowest BCUT2D eigenvalue weighted by molar-refractivity contribution is -0.136. The molecule has 0 aromatic rings. The van der Waals surface area contributed by atoms with Crippen LogP contribution in [0.1, 0.15) is 19.8 Å². The fourth-order valence-corrected chi connectivity index (χ4v) is 2.38. The molecule has 100 valence electrons. The van der Waals surface area contributed by atoms with E-state index < -0.39 is 21.2 Å². The molecule has 1 aliphatic rings. The molecule has 1 fully saturated rings. The summed E-state index contributed by atoms with van der Waals surface area (Å²) in [5.74, 6) is -0.703. The maximum absolute atomic E-state index is 11.7. The Balaban J connectivity index is 2.33. The summed E-state index contributed by atoms with van der Waals surface area (Å²) in [7, 11) is -2.40. The fraction of sp³-hybridized carbons (Fsp3) is 0.900. The van der Waals surface area contributed by atoms with Crippen molar-refractivity contribution >= 4 is 16.0 Å². The summed E-state index contributed by atoms with van der Waals surface area (Å²) in [4.78, 5) is 10.6. The Kier molecular flexibility index (Phi) is 4.91. The minimum atomic E-state index is -3.77. The van der Waals surface area contributed by atoms with Crippen LogP contribution in [-0.2, 0) is 19.6 Å². The highest BCUT2D eigenvalue weighted by atomic mass is 32.2. The average molecular weight is 265 g/mol. The summed E-state index contributed by atoms with van der Waals surface area (Å²) in [5, 5.41) is 7.26. The number of hydrogen-bond acceptors (Lipinski definition) is 4. The van der Waals surface area contributed by atoms with Crippen LogP contribution < -0.4 is 0 Å². The van der Waals surface area contributed by atoms with Gasteiger partial charge in [-0.25, -0.2) is 12.7 Å². The molecule has 1 atom stereocenters. The first-order chi connectivity index (χ1) is 7.85.